The minimum absolute atomic E-state index is 0.0261. The number of aromatic nitrogens is 2. The van der Waals surface area contributed by atoms with E-state index in [1.54, 1.807) is 7.05 Å². The second-order valence-electron chi connectivity index (χ2n) is 12.7. The molecule has 0 radical (unpaired) electrons. The van der Waals surface area contributed by atoms with E-state index in [4.69, 9.17) is 5.10 Å². The van der Waals surface area contributed by atoms with Crippen LogP contribution < -0.4 is 15.5 Å². The van der Waals surface area contributed by atoms with Crippen LogP contribution in [-0.2, 0) is 13.0 Å². The molecule has 5 aliphatic rings. The number of allylic oxidation sites excluding steroid dienone is 2. The Morgan fingerprint density at radius 3 is 2.67 bits per heavy atom. The van der Waals surface area contributed by atoms with Crippen LogP contribution in [0.3, 0.4) is 0 Å². The van der Waals surface area contributed by atoms with Crippen LogP contribution in [0.15, 0.2) is 16.4 Å². The van der Waals surface area contributed by atoms with Gasteiger partial charge in [-0.2, -0.15) is 10.2 Å². The molecule has 1 fully saturated rings. The Bertz CT molecular complexity index is 1190. The number of carbonyl (C=O) groups is 1. The summed E-state index contributed by atoms with van der Waals surface area (Å²) in [6, 6.07) is 0.226. The average molecular weight is 559 g/mol. The molecule has 6 rings (SSSR count). The Morgan fingerprint density at radius 1 is 1.23 bits per heavy atom. The standard InChI is InChI=1S/C29H44F2N8O/c1-18-20-6-5-12-38(24(20)14-21(26(30)31)25(18)29(2)16-34-36(4)17-29)27-22-15-37(28(40)32-3)13-9-23(22)39(35-27)19-7-10-33-11-8-19/h16,18-19,21,25-26,33H,5-15,17H2,1-4H3,(H,32,40). The Hall–Kier alpha value is -2.69. The monoisotopic (exact) mass is 558 g/mol. The Balaban J connectivity index is 1.41. The highest BCUT2D eigenvalue weighted by Gasteiger charge is 2.52. The molecule has 4 unspecified atom stereocenters. The number of nitrogens with one attached hydrogen (secondary N) is 2. The van der Waals surface area contributed by atoms with E-state index in [0.29, 0.717) is 32.1 Å². The number of piperidine rings is 1. The number of fused-ring (bicyclic) bond motifs is 1. The third-order valence-electron chi connectivity index (χ3n) is 10.2. The van der Waals surface area contributed by atoms with Crippen molar-refractivity contribution in [1.82, 2.24) is 30.3 Å². The highest BCUT2D eigenvalue weighted by Crippen LogP contribution is 2.53. The quantitative estimate of drug-likeness (QED) is 0.587. The van der Waals surface area contributed by atoms with Crippen molar-refractivity contribution in [3.8, 4) is 0 Å². The molecule has 4 aliphatic heterocycles. The fourth-order valence-corrected chi connectivity index (χ4v) is 8.42. The molecular formula is C29H44F2N8O. The van der Waals surface area contributed by atoms with Crippen molar-refractivity contribution in [2.45, 2.75) is 71.4 Å². The van der Waals surface area contributed by atoms with Gasteiger partial charge in [-0.25, -0.2) is 13.6 Å². The molecule has 220 valence electrons. The van der Waals surface area contributed by atoms with Gasteiger partial charge in [-0.1, -0.05) is 13.8 Å². The number of hydrazone groups is 1. The van der Waals surface area contributed by atoms with Gasteiger partial charge in [0.2, 0.25) is 6.43 Å². The van der Waals surface area contributed by atoms with Crippen molar-refractivity contribution < 1.29 is 13.6 Å². The molecule has 0 spiro atoms. The lowest BCUT2D eigenvalue weighted by molar-refractivity contribution is -0.0113. The van der Waals surface area contributed by atoms with E-state index in [1.165, 1.54) is 11.3 Å². The second kappa shape index (κ2) is 10.6. The molecular weight excluding hydrogens is 514 g/mol. The predicted molar refractivity (Wildman–Crippen MR) is 152 cm³/mol. The van der Waals surface area contributed by atoms with Crippen LogP contribution in [0.2, 0.25) is 0 Å². The summed E-state index contributed by atoms with van der Waals surface area (Å²) in [7, 11) is 3.58. The lowest BCUT2D eigenvalue weighted by atomic mass is 9.59. The molecule has 4 atom stereocenters. The number of halogens is 2. The van der Waals surface area contributed by atoms with Crippen LogP contribution >= 0.6 is 0 Å². The fraction of sp³-hybridized carbons (Fsp3) is 0.759. The zero-order chi connectivity index (χ0) is 28.2. The SMILES string of the molecule is CNC(=O)N1CCc2c(c(N3CCCC4=C3CC(C(F)F)C(C3(C)C=NN(C)C3)C4C)nn2C2CCNCC2)C1. The van der Waals surface area contributed by atoms with E-state index >= 15 is 0 Å². The van der Waals surface area contributed by atoms with Gasteiger partial charge in [0.25, 0.3) is 0 Å². The van der Waals surface area contributed by atoms with E-state index in [-0.39, 0.29) is 23.3 Å². The minimum atomic E-state index is -2.41. The average Bonchev–Trinajstić information content (AvgIpc) is 3.51. The van der Waals surface area contributed by atoms with Gasteiger partial charge < -0.3 is 20.4 Å². The van der Waals surface area contributed by atoms with Gasteiger partial charge in [0.15, 0.2) is 5.82 Å². The van der Waals surface area contributed by atoms with Crippen LogP contribution in [-0.4, -0.2) is 85.2 Å². The van der Waals surface area contributed by atoms with Crippen molar-refractivity contribution in [3.63, 3.8) is 0 Å². The van der Waals surface area contributed by atoms with Crippen molar-refractivity contribution >= 4 is 18.1 Å². The summed E-state index contributed by atoms with van der Waals surface area (Å²) in [5.74, 6) is -0.0218. The number of hydrogen-bond donors (Lipinski definition) is 2. The van der Waals surface area contributed by atoms with E-state index < -0.39 is 12.3 Å². The molecule has 40 heavy (non-hydrogen) atoms. The van der Waals surface area contributed by atoms with Crippen molar-refractivity contribution in [3.05, 3.63) is 22.5 Å². The maximum absolute atomic E-state index is 14.9. The third-order valence-corrected chi connectivity index (χ3v) is 10.2. The van der Waals surface area contributed by atoms with Crippen LogP contribution in [0, 0.1) is 23.2 Å². The molecule has 0 aromatic carbocycles. The van der Waals surface area contributed by atoms with Gasteiger partial charge in [0.1, 0.15) is 0 Å². The molecule has 1 aromatic rings. The first-order valence-electron chi connectivity index (χ1n) is 15.0. The molecule has 11 heteroatoms. The van der Waals surface area contributed by atoms with E-state index in [2.05, 4.69) is 39.2 Å². The lowest BCUT2D eigenvalue weighted by Crippen LogP contribution is -2.49. The van der Waals surface area contributed by atoms with Crippen molar-refractivity contribution in [1.29, 1.82) is 0 Å². The lowest BCUT2D eigenvalue weighted by Gasteiger charge is -2.49. The van der Waals surface area contributed by atoms with Crippen molar-refractivity contribution in [2.24, 2.45) is 28.3 Å². The summed E-state index contributed by atoms with van der Waals surface area (Å²) >= 11 is 0. The summed E-state index contributed by atoms with van der Waals surface area (Å²) in [5.41, 5.74) is 4.25. The Labute approximate surface area is 236 Å². The van der Waals surface area contributed by atoms with E-state index in [0.717, 1.165) is 68.8 Å². The number of hydrogen-bond acceptors (Lipinski definition) is 6. The first-order valence-corrected chi connectivity index (χ1v) is 15.0. The number of urea groups is 1. The molecule has 5 heterocycles. The largest absolute Gasteiger partial charge is 0.341 e. The number of rotatable bonds is 4. The normalized spacial score (nSPS) is 31.2. The Kier molecular flexibility index (Phi) is 7.29. The van der Waals surface area contributed by atoms with Crippen LogP contribution in [0.25, 0.3) is 0 Å². The molecule has 9 nitrogen and oxygen atoms in total. The van der Waals surface area contributed by atoms with Crippen molar-refractivity contribution in [2.75, 3.05) is 51.7 Å². The zero-order valence-electron chi connectivity index (χ0n) is 24.3. The first kappa shape index (κ1) is 27.5. The topological polar surface area (TPSA) is 81.0 Å². The maximum atomic E-state index is 14.9. The smallest absolute Gasteiger partial charge is 0.317 e. The number of alkyl halides is 2. The molecule has 1 saturated heterocycles. The second-order valence-corrected chi connectivity index (χ2v) is 12.7. The molecule has 0 bridgehead atoms. The van der Waals surface area contributed by atoms with Gasteiger partial charge >= 0.3 is 6.03 Å². The Morgan fingerprint density at radius 2 is 2.00 bits per heavy atom. The summed E-state index contributed by atoms with van der Waals surface area (Å²) in [5, 5.41) is 17.8. The highest BCUT2D eigenvalue weighted by atomic mass is 19.3. The van der Waals surface area contributed by atoms with Gasteiger partial charge in [-0.15, -0.1) is 0 Å². The van der Waals surface area contributed by atoms with Gasteiger partial charge in [0.05, 0.1) is 12.6 Å². The van der Waals surface area contributed by atoms with Crippen LogP contribution in [0.4, 0.5) is 19.4 Å². The molecule has 1 aliphatic carbocycles. The van der Waals surface area contributed by atoms with Gasteiger partial charge in [0, 0.05) is 74.7 Å². The van der Waals surface area contributed by atoms with Gasteiger partial charge in [-0.3, -0.25) is 9.69 Å². The highest BCUT2D eigenvalue weighted by molar-refractivity contribution is 5.75. The molecule has 0 saturated carbocycles. The molecule has 2 N–H and O–H groups in total. The van der Waals surface area contributed by atoms with Gasteiger partial charge in [-0.05, 0) is 62.6 Å². The maximum Gasteiger partial charge on any atom is 0.317 e. The summed E-state index contributed by atoms with van der Waals surface area (Å²) in [4.78, 5) is 16.7. The first-order chi connectivity index (χ1) is 19.2. The van der Waals surface area contributed by atoms with E-state index in [9.17, 15) is 13.6 Å². The van der Waals surface area contributed by atoms with Crippen LogP contribution in [0.1, 0.15) is 63.3 Å². The summed E-state index contributed by atoms with van der Waals surface area (Å²) < 4.78 is 32.0. The third kappa shape index (κ3) is 4.58. The summed E-state index contributed by atoms with van der Waals surface area (Å²) in [6.07, 6.45) is 4.54. The summed E-state index contributed by atoms with van der Waals surface area (Å²) in [6.45, 7) is 8.76. The number of anilines is 1. The predicted octanol–water partition coefficient (Wildman–Crippen LogP) is 3.83. The van der Waals surface area contributed by atoms with E-state index in [1.807, 2.05) is 23.2 Å². The number of carbonyl (C=O) groups excluding carboxylic acids is 1. The molecule has 2 amide bonds. The molecule has 1 aromatic heterocycles. The van der Waals surface area contributed by atoms with Crippen LogP contribution in [0.5, 0.6) is 0 Å². The zero-order valence-corrected chi connectivity index (χ0v) is 24.3. The minimum Gasteiger partial charge on any atom is -0.341 e. The number of nitrogens with zero attached hydrogens (tertiary/aromatic N) is 6. The fourth-order valence-electron chi connectivity index (χ4n) is 8.42. The number of amides is 2.